The molecule has 0 spiro atoms. The van der Waals surface area contributed by atoms with Gasteiger partial charge in [0.05, 0.1) is 4.47 Å². The summed E-state index contributed by atoms with van der Waals surface area (Å²) < 4.78 is 7.79. The van der Waals surface area contributed by atoms with Crippen LogP contribution in [0.3, 0.4) is 0 Å². The van der Waals surface area contributed by atoms with Gasteiger partial charge in [-0.1, -0.05) is 24.3 Å². The second kappa shape index (κ2) is 7.61. The van der Waals surface area contributed by atoms with Crippen molar-refractivity contribution in [1.82, 2.24) is 0 Å². The van der Waals surface area contributed by atoms with Gasteiger partial charge in [-0.3, -0.25) is 0 Å². The molecule has 0 unspecified atom stereocenters. The lowest BCUT2D eigenvalue weighted by Gasteiger charge is -2.11. The van der Waals surface area contributed by atoms with Crippen LogP contribution in [0, 0.1) is 3.57 Å². The number of para-hydroxylation sites is 1. The van der Waals surface area contributed by atoms with E-state index >= 15 is 0 Å². The predicted octanol–water partition coefficient (Wildman–Crippen LogP) is 4.73. The topological polar surface area (TPSA) is 46.5 Å². The lowest BCUT2D eigenvalue weighted by Crippen LogP contribution is -1.98. The van der Waals surface area contributed by atoms with Crippen molar-refractivity contribution in [3.8, 4) is 5.75 Å². The molecular weight excluding hydrogens is 447 g/mol. The number of hydrogen-bond acceptors (Lipinski definition) is 2. The van der Waals surface area contributed by atoms with E-state index in [4.69, 9.17) is 9.84 Å². The maximum atomic E-state index is 10.6. The maximum Gasteiger partial charge on any atom is 0.328 e. The Labute approximate surface area is 144 Å². The van der Waals surface area contributed by atoms with E-state index in [1.165, 1.54) is 9.65 Å². The third-order valence-electron chi connectivity index (χ3n) is 2.70. The number of carboxylic acids is 1. The van der Waals surface area contributed by atoms with E-state index in [-0.39, 0.29) is 0 Å². The van der Waals surface area contributed by atoms with Gasteiger partial charge in [0.25, 0.3) is 0 Å². The molecule has 108 valence electrons. The largest absolute Gasteiger partial charge is 0.487 e. The Morgan fingerprint density at radius 3 is 2.62 bits per heavy atom. The van der Waals surface area contributed by atoms with E-state index in [1.54, 1.807) is 0 Å². The molecule has 1 N–H and O–H groups in total. The predicted molar refractivity (Wildman–Crippen MR) is 94.3 cm³/mol. The minimum absolute atomic E-state index is 0.424. The molecule has 0 saturated heterocycles. The first-order valence-electron chi connectivity index (χ1n) is 6.13. The molecule has 2 aromatic rings. The van der Waals surface area contributed by atoms with Crippen LogP contribution in [0.25, 0.3) is 6.08 Å². The van der Waals surface area contributed by atoms with Gasteiger partial charge in [0, 0.05) is 15.2 Å². The Morgan fingerprint density at radius 1 is 1.24 bits per heavy atom. The number of benzene rings is 2. The average molecular weight is 459 g/mol. The van der Waals surface area contributed by atoms with Crippen molar-refractivity contribution >= 4 is 50.6 Å². The third kappa shape index (κ3) is 4.86. The van der Waals surface area contributed by atoms with Gasteiger partial charge in [-0.05, 0) is 68.4 Å². The molecule has 2 aromatic carbocycles. The van der Waals surface area contributed by atoms with E-state index < -0.39 is 5.97 Å². The van der Waals surface area contributed by atoms with E-state index in [0.29, 0.717) is 12.4 Å². The van der Waals surface area contributed by atoms with Crippen LogP contribution in [0.15, 0.2) is 53.0 Å². The summed E-state index contributed by atoms with van der Waals surface area (Å²) in [6.07, 6.45) is 2.62. The van der Waals surface area contributed by atoms with Crippen molar-refractivity contribution in [2.75, 3.05) is 0 Å². The quantitative estimate of drug-likeness (QED) is 0.520. The smallest absolute Gasteiger partial charge is 0.328 e. The van der Waals surface area contributed by atoms with Gasteiger partial charge in [0.15, 0.2) is 0 Å². The summed E-state index contributed by atoms with van der Waals surface area (Å²) in [5.74, 6) is -0.355. The van der Waals surface area contributed by atoms with Crippen LogP contribution in [0.5, 0.6) is 5.75 Å². The SMILES string of the molecule is O=C(O)C=Cc1cccc(Br)c1OCc1ccc(I)cc1. The highest BCUT2D eigenvalue weighted by atomic mass is 127. The van der Waals surface area contributed by atoms with Gasteiger partial charge in [-0.15, -0.1) is 0 Å². The van der Waals surface area contributed by atoms with Crippen LogP contribution < -0.4 is 4.74 Å². The zero-order valence-corrected chi connectivity index (χ0v) is 14.7. The number of carbonyl (C=O) groups is 1. The molecule has 0 aliphatic carbocycles. The molecule has 0 aromatic heterocycles. The molecule has 21 heavy (non-hydrogen) atoms. The third-order valence-corrected chi connectivity index (χ3v) is 4.04. The van der Waals surface area contributed by atoms with Crippen LogP contribution >= 0.6 is 38.5 Å². The summed E-state index contributed by atoms with van der Waals surface area (Å²) in [5, 5.41) is 8.73. The number of hydrogen-bond donors (Lipinski definition) is 1. The van der Waals surface area contributed by atoms with Gasteiger partial charge < -0.3 is 9.84 Å². The van der Waals surface area contributed by atoms with Crippen molar-refractivity contribution < 1.29 is 14.6 Å². The van der Waals surface area contributed by atoms with Crippen molar-refractivity contribution in [3.63, 3.8) is 0 Å². The fourth-order valence-corrected chi connectivity index (χ4v) is 2.56. The zero-order valence-electron chi connectivity index (χ0n) is 10.9. The Hall–Kier alpha value is -1.34. The molecule has 0 amide bonds. The summed E-state index contributed by atoms with van der Waals surface area (Å²) >= 11 is 5.68. The molecule has 0 bridgehead atoms. The summed E-state index contributed by atoms with van der Waals surface area (Å²) in [5.41, 5.74) is 1.77. The monoisotopic (exact) mass is 458 g/mol. The number of ether oxygens (including phenoxy) is 1. The summed E-state index contributed by atoms with van der Waals surface area (Å²) in [6.45, 7) is 0.424. The van der Waals surface area contributed by atoms with Crippen LogP contribution in [0.2, 0.25) is 0 Å². The Kier molecular flexibility index (Phi) is 5.81. The van der Waals surface area contributed by atoms with E-state index in [9.17, 15) is 4.79 Å². The van der Waals surface area contributed by atoms with Crippen molar-refractivity contribution in [1.29, 1.82) is 0 Å². The van der Waals surface area contributed by atoms with E-state index in [2.05, 4.69) is 38.5 Å². The van der Waals surface area contributed by atoms with E-state index in [0.717, 1.165) is 21.7 Å². The molecule has 5 heteroatoms. The summed E-state index contributed by atoms with van der Waals surface area (Å²) in [7, 11) is 0. The second-order valence-corrected chi connectivity index (χ2v) is 6.34. The number of carboxylic acid groups (broad SMARTS) is 1. The average Bonchev–Trinajstić information content (AvgIpc) is 2.46. The molecule has 0 aliphatic heterocycles. The number of halogens is 2. The van der Waals surface area contributed by atoms with Crippen molar-refractivity contribution in [2.24, 2.45) is 0 Å². The van der Waals surface area contributed by atoms with Gasteiger partial charge in [0.1, 0.15) is 12.4 Å². The Balaban J connectivity index is 2.18. The van der Waals surface area contributed by atoms with Gasteiger partial charge >= 0.3 is 5.97 Å². The molecule has 0 saturated carbocycles. The fraction of sp³-hybridized carbons (Fsp3) is 0.0625. The first-order chi connectivity index (χ1) is 10.1. The molecular formula is C16H12BrIO3. The minimum Gasteiger partial charge on any atom is -0.487 e. The summed E-state index contributed by atoms with van der Waals surface area (Å²) in [4.78, 5) is 10.6. The zero-order chi connectivity index (χ0) is 15.2. The lowest BCUT2D eigenvalue weighted by atomic mass is 10.2. The molecule has 2 rings (SSSR count). The highest BCUT2D eigenvalue weighted by Gasteiger charge is 2.07. The second-order valence-electron chi connectivity index (χ2n) is 4.24. The molecule has 0 atom stereocenters. The number of rotatable bonds is 5. The Morgan fingerprint density at radius 2 is 1.95 bits per heavy atom. The highest BCUT2D eigenvalue weighted by molar-refractivity contribution is 14.1. The van der Waals surface area contributed by atoms with Gasteiger partial charge in [-0.2, -0.15) is 0 Å². The lowest BCUT2D eigenvalue weighted by molar-refractivity contribution is -0.131. The molecule has 3 nitrogen and oxygen atoms in total. The maximum absolute atomic E-state index is 10.6. The van der Waals surface area contributed by atoms with Gasteiger partial charge in [0.2, 0.25) is 0 Å². The van der Waals surface area contributed by atoms with Crippen LogP contribution in [0.1, 0.15) is 11.1 Å². The minimum atomic E-state index is -0.987. The standard InChI is InChI=1S/C16H12BrIO3/c17-14-3-1-2-12(6-9-15(19)20)16(14)21-10-11-4-7-13(18)8-5-11/h1-9H,10H2,(H,19,20). The molecule has 0 aliphatic rings. The Bertz CT molecular complexity index is 666. The van der Waals surface area contributed by atoms with Crippen molar-refractivity contribution in [2.45, 2.75) is 6.61 Å². The first kappa shape index (κ1) is 16.0. The van der Waals surface area contributed by atoms with Crippen molar-refractivity contribution in [3.05, 3.63) is 67.7 Å². The fourth-order valence-electron chi connectivity index (χ4n) is 1.71. The normalized spacial score (nSPS) is 10.8. The summed E-state index contributed by atoms with van der Waals surface area (Å²) in [6, 6.07) is 13.6. The van der Waals surface area contributed by atoms with Crippen LogP contribution in [-0.4, -0.2) is 11.1 Å². The number of aliphatic carboxylic acids is 1. The highest BCUT2D eigenvalue weighted by Crippen LogP contribution is 2.30. The molecule has 0 radical (unpaired) electrons. The van der Waals surface area contributed by atoms with Crippen LogP contribution in [-0.2, 0) is 11.4 Å². The van der Waals surface area contributed by atoms with E-state index in [1.807, 2.05) is 42.5 Å². The molecule has 0 heterocycles. The van der Waals surface area contributed by atoms with Crippen LogP contribution in [0.4, 0.5) is 0 Å². The van der Waals surface area contributed by atoms with Gasteiger partial charge in [-0.25, -0.2) is 4.79 Å². The molecule has 0 fully saturated rings. The first-order valence-corrected chi connectivity index (χ1v) is 8.00.